The zero-order chi connectivity index (χ0) is 11.5. The Kier molecular flexibility index (Phi) is 4.24. The highest BCUT2D eigenvalue weighted by Crippen LogP contribution is 2.27. The summed E-state index contributed by atoms with van der Waals surface area (Å²) in [7, 11) is 0. The lowest BCUT2D eigenvalue weighted by atomic mass is 9.99. The van der Waals surface area contributed by atoms with Crippen LogP contribution in [0, 0.1) is 8.80 Å². The predicted molar refractivity (Wildman–Crippen MR) is 75.9 cm³/mol. The molecule has 1 saturated carbocycles. The fourth-order valence-electron chi connectivity index (χ4n) is 2.29. The Morgan fingerprint density at radius 2 is 2.25 bits per heavy atom. The number of halogens is 1. The summed E-state index contributed by atoms with van der Waals surface area (Å²) in [6, 6.07) is 2.26. The van der Waals surface area contributed by atoms with Crippen LogP contribution in [0.3, 0.4) is 0 Å². The topological polar surface area (TPSA) is 29.1 Å². The molecule has 1 aliphatic rings. The van der Waals surface area contributed by atoms with Crippen molar-refractivity contribution in [1.82, 2.24) is 5.32 Å². The zero-order valence-corrected chi connectivity index (χ0v) is 12.3. The van der Waals surface area contributed by atoms with Crippen LogP contribution >= 0.6 is 33.9 Å². The number of hydrogen-bond acceptors (Lipinski definition) is 2. The first-order valence-electron chi connectivity index (χ1n) is 5.71. The Balaban J connectivity index is 1.91. The summed E-state index contributed by atoms with van der Waals surface area (Å²) in [6.45, 7) is 2.13. The summed E-state index contributed by atoms with van der Waals surface area (Å²) >= 11 is 3.86. The lowest BCUT2D eigenvalue weighted by molar-refractivity contribution is 0.0927. The molecule has 2 rings (SSSR count). The van der Waals surface area contributed by atoms with E-state index in [1.54, 1.807) is 11.3 Å². The van der Waals surface area contributed by atoms with Crippen LogP contribution in [-0.4, -0.2) is 11.9 Å². The van der Waals surface area contributed by atoms with Gasteiger partial charge in [0.05, 0.1) is 8.45 Å². The first kappa shape index (κ1) is 12.4. The number of amides is 1. The van der Waals surface area contributed by atoms with Crippen molar-refractivity contribution in [3.05, 3.63) is 19.9 Å². The zero-order valence-electron chi connectivity index (χ0n) is 9.33. The van der Waals surface area contributed by atoms with Gasteiger partial charge in [-0.1, -0.05) is 12.8 Å². The molecule has 16 heavy (non-hydrogen) atoms. The van der Waals surface area contributed by atoms with Gasteiger partial charge in [0.15, 0.2) is 0 Å². The molecular formula is C12H16INOS. The Labute approximate surface area is 114 Å². The van der Waals surface area contributed by atoms with E-state index < -0.39 is 0 Å². The predicted octanol–water partition coefficient (Wildman–Crippen LogP) is 3.66. The maximum Gasteiger partial charge on any atom is 0.252 e. The molecule has 1 unspecified atom stereocenters. The number of carbonyl (C=O) groups is 1. The molecule has 1 aromatic heterocycles. The molecule has 1 fully saturated rings. The van der Waals surface area contributed by atoms with Crippen LogP contribution in [0.15, 0.2) is 11.4 Å². The highest BCUT2D eigenvalue weighted by molar-refractivity contribution is 14.1. The van der Waals surface area contributed by atoms with Gasteiger partial charge in [-0.25, -0.2) is 0 Å². The number of thiophene rings is 1. The molecule has 2 nitrogen and oxygen atoms in total. The molecule has 0 aliphatic heterocycles. The van der Waals surface area contributed by atoms with E-state index in [4.69, 9.17) is 0 Å². The maximum atomic E-state index is 11.9. The normalized spacial score (nSPS) is 18.6. The van der Waals surface area contributed by atoms with Crippen molar-refractivity contribution in [1.29, 1.82) is 0 Å². The lowest BCUT2D eigenvalue weighted by Crippen LogP contribution is -2.36. The standard InChI is InChI=1S/C12H16INOS/c1-8(9-4-2-3-5-9)14-12(15)10-6-11(13)16-7-10/h6-9H,2-5H2,1H3,(H,14,15). The van der Waals surface area contributed by atoms with Crippen molar-refractivity contribution in [3.63, 3.8) is 0 Å². The number of nitrogens with one attached hydrogen (secondary N) is 1. The van der Waals surface area contributed by atoms with Gasteiger partial charge in [-0.05, 0) is 54.3 Å². The molecule has 4 heteroatoms. The van der Waals surface area contributed by atoms with Gasteiger partial charge < -0.3 is 5.32 Å². The second-order valence-electron chi connectivity index (χ2n) is 4.45. The molecule has 0 spiro atoms. The Morgan fingerprint density at radius 1 is 1.56 bits per heavy atom. The van der Waals surface area contributed by atoms with Crippen LogP contribution in [0.5, 0.6) is 0 Å². The highest BCUT2D eigenvalue weighted by Gasteiger charge is 2.23. The average Bonchev–Trinajstić information content (AvgIpc) is 2.87. The number of rotatable bonds is 3. The fraction of sp³-hybridized carbons (Fsp3) is 0.583. The van der Waals surface area contributed by atoms with E-state index in [0.29, 0.717) is 12.0 Å². The third-order valence-corrected chi connectivity index (χ3v) is 5.08. The largest absolute Gasteiger partial charge is 0.349 e. The maximum absolute atomic E-state index is 11.9. The van der Waals surface area contributed by atoms with Gasteiger partial charge in [0.2, 0.25) is 0 Å². The van der Waals surface area contributed by atoms with Crippen molar-refractivity contribution in [2.24, 2.45) is 5.92 Å². The third-order valence-electron chi connectivity index (χ3n) is 3.30. The Hall–Kier alpha value is -0.100. The monoisotopic (exact) mass is 349 g/mol. The van der Waals surface area contributed by atoms with Gasteiger partial charge >= 0.3 is 0 Å². The van der Waals surface area contributed by atoms with Crippen molar-refractivity contribution >= 4 is 39.8 Å². The van der Waals surface area contributed by atoms with E-state index >= 15 is 0 Å². The Morgan fingerprint density at radius 3 is 2.81 bits per heavy atom. The van der Waals surface area contributed by atoms with E-state index in [1.807, 2.05) is 11.4 Å². The second-order valence-corrected chi connectivity index (χ2v) is 7.25. The lowest BCUT2D eigenvalue weighted by Gasteiger charge is -2.19. The molecule has 1 aromatic rings. The minimum Gasteiger partial charge on any atom is -0.349 e. The third kappa shape index (κ3) is 2.97. The van der Waals surface area contributed by atoms with Crippen molar-refractivity contribution in [2.75, 3.05) is 0 Å². The quantitative estimate of drug-likeness (QED) is 0.829. The van der Waals surface area contributed by atoms with Gasteiger partial charge in [-0.2, -0.15) is 0 Å². The smallest absolute Gasteiger partial charge is 0.252 e. The minimum absolute atomic E-state index is 0.0820. The molecule has 1 atom stereocenters. The summed E-state index contributed by atoms with van der Waals surface area (Å²) in [5.74, 6) is 0.764. The average molecular weight is 349 g/mol. The number of hydrogen-bond donors (Lipinski definition) is 1. The van der Waals surface area contributed by atoms with Crippen LogP contribution in [0.4, 0.5) is 0 Å². The molecule has 1 heterocycles. The summed E-state index contributed by atoms with van der Waals surface area (Å²) in [5.41, 5.74) is 0.805. The minimum atomic E-state index is 0.0820. The van der Waals surface area contributed by atoms with E-state index in [2.05, 4.69) is 34.8 Å². The Bertz CT molecular complexity index is 371. The van der Waals surface area contributed by atoms with E-state index in [0.717, 1.165) is 8.45 Å². The van der Waals surface area contributed by atoms with E-state index in [9.17, 15) is 4.79 Å². The molecule has 1 amide bonds. The van der Waals surface area contributed by atoms with E-state index in [-0.39, 0.29) is 5.91 Å². The highest BCUT2D eigenvalue weighted by atomic mass is 127. The van der Waals surface area contributed by atoms with E-state index in [1.165, 1.54) is 25.7 Å². The SMILES string of the molecule is CC(NC(=O)c1csc(I)c1)C1CCCC1. The second kappa shape index (κ2) is 5.49. The molecule has 0 aromatic carbocycles. The summed E-state index contributed by atoms with van der Waals surface area (Å²) < 4.78 is 1.16. The fourth-order valence-corrected chi connectivity index (χ4v) is 3.62. The molecule has 1 aliphatic carbocycles. The van der Waals surface area contributed by atoms with Gasteiger partial charge in [0, 0.05) is 11.4 Å². The van der Waals surface area contributed by atoms with Crippen LogP contribution in [0.2, 0.25) is 0 Å². The van der Waals surface area contributed by atoms with Gasteiger partial charge in [0.1, 0.15) is 0 Å². The van der Waals surface area contributed by atoms with Crippen molar-refractivity contribution in [2.45, 2.75) is 38.6 Å². The summed E-state index contributed by atoms with van der Waals surface area (Å²) in [5, 5.41) is 5.04. The van der Waals surface area contributed by atoms with Crippen LogP contribution in [0.1, 0.15) is 43.0 Å². The first-order chi connectivity index (χ1) is 7.66. The first-order valence-corrected chi connectivity index (χ1v) is 7.67. The number of carbonyl (C=O) groups excluding carboxylic acids is 1. The molecule has 88 valence electrons. The molecule has 0 radical (unpaired) electrons. The van der Waals surface area contributed by atoms with Gasteiger partial charge in [-0.3, -0.25) is 4.79 Å². The van der Waals surface area contributed by atoms with Crippen LogP contribution < -0.4 is 5.32 Å². The molecular weight excluding hydrogens is 333 g/mol. The molecule has 1 N–H and O–H groups in total. The van der Waals surface area contributed by atoms with Gasteiger partial charge in [-0.15, -0.1) is 11.3 Å². The van der Waals surface area contributed by atoms with Crippen LogP contribution in [0.25, 0.3) is 0 Å². The van der Waals surface area contributed by atoms with Gasteiger partial charge in [0.25, 0.3) is 5.91 Å². The summed E-state index contributed by atoms with van der Waals surface area (Å²) in [4.78, 5) is 11.9. The molecule has 0 bridgehead atoms. The molecule has 0 saturated heterocycles. The van der Waals surface area contributed by atoms with Crippen molar-refractivity contribution in [3.8, 4) is 0 Å². The summed E-state index contributed by atoms with van der Waals surface area (Å²) in [6.07, 6.45) is 5.17. The van der Waals surface area contributed by atoms with Crippen LogP contribution in [-0.2, 0) is 0 Å². The van der Waals surface area contributed by atoms with Crippen molar-refractivity contribution < 1.29 is 4.79 Å².